The number of aromatic nitrogens is 2. The van der Waals surface area contributed by atoms with Crippen molar-refractivity contribution in [2.45, 2.75) is 25.6 Å². The minimum Gasteiger partial charge on any atom is -0.376 e. The van der Waals surface area contributed by atoms with Crippen LogP contribution in [0.2, 0.25) is 0 Å². The van der Waals surface area contributed by atoms with Gasteiger partial charge in [0, 0.05) is 32.8 Å². The zero-order valence-corrected chi connectivity index (χ0v) is 16.2. The molecule has 1 saturated heterocycles. The minimum atomic E-state index is 0.203. The molecule has 1 aliphatic rings. The number of nitrogens with zero attached hydrogens (tertiary/aromatic N) is 2. The van der Waals surface area contributed by atoms with Crippen LogP contribution in [0.1, 0.15) is 17.8 Å². The molecule has 1 unspecified atom stereocenters. The first-order valence-corrected chi connectivity index (χ1v) is 10.0. The molecule has 0 saturated carbocycles. The van der Waals surface area contributed by atoms with Crippen molar-refractivity contribution in [3.8, 4) is 11.3 Å². The molecular formula is C23H28N4O. The average Bonchev–Trinajstić information content (AvgIpc) is 3.10. The molecule has 0 amide bonds. The number of nitrogens with one attached hydrogen (secondary N) is 2. The molecular weight excluding hydrogens is 348 g/mol. The largest absolute Gasteiger partial charge is 0.376 e. The third-order valence-electron chi connectivity index (χ3n) is 5.06. The van der Waals surface area contributed by atoms with Gasteiger partial charge in [0.15, 0.2) is 0 Å². The van der Waals surface area contributed by atoms with Crippen LogP contribution in [-0.4, -0.2) is 47.2 Å². The number of hydrogen-bond acceptors (Lipinski definition) is 4. The van der Waals surface area contributed by atoms with Crippen LogP contribution in [0.5, 0.6) is 0 Å². The standard InChI is InChI=1S/C23H28N4O/c1-3-8-19(9-4-1)17-27-12-7-13-28-21(18-27)14-24-16-23-25-15-22(26-23)20-10-5-2-6-11-20/h1-6,8-11,15,21,24H,7,12-14,16-18H2,(H,25,26). The van der Waals surface area contributed by atoms with Gasteiger partial charge < -0.3 is 15.0 Å². The molecule has 146 valence electrons. The maximum atomic E-state index is 6.05. The summed E-state index contributed by atoms with van der Waals surface area (Å²) in [5.41, 5.74) is 3.57. The molecule has 2 aromatic carbocycles. The van der Waals surface area contributed by atoms with Crippen molar-refractivity contribution in [3.63, 3.8) is 0 Å². The Morgan fingerprint density at radius 1 is 1.07 bits per heavy atom. The highest BCUT2D eigenvalue weighted by Gasteiger charge is 2.18. The Bertz CT molecular complexity index is 834. The molecule has 1 fully saturated rings. The SMILES string of the molecule is c1ccc(CN2CCCOC(CNCc3ncc(-c4ccccc4)[nH]3)C2)cc1. The van der Waals surface area contributed by atoms with Crippen LogP contribution in [0.25, 0.3) is 11.3 Å². The Balaban J connectivity index is 1.26. The van der Waals surface area contributed by atoms with Gasteiger partial charge in [0.25, 0.3) is 0 Å². The molecule has 2 heterocycles. The predicted octanol–water partition coefficient (Wildman–Crippen LogP) is 3.46. The van der Waals surface area contributed by atoms with E-state index in [1.165, 1.54) is 5.56 Å². The second-order valence-corrected chi connectivity index (χ2v) is 7.31. The van der Waals surface area contributed by atoms with Gasteiger partial charge >= 0.3 is 0 Å². The Hall–Kier alpha value is -2.47. The Morgan fingerprint density at radius 3 is 2.68 bits per heavy atom. The maximum absolute atomic E-state index is 6.05. The number of hydrogen-bond donors (Lipinski definition) is 2. The molecule has 1 aromatic heterocycles. The Morgan fingerprint density at radius 2 is 1.86 bits per heavy atom. The van der Waals surface area contributed by atoms with E-state index in [1.54, 1.807) is 0 Å². The fourth-order valence-electron chi connectivity index (χ4n) is 3.65. The van der Waals surface area contributed by atoms with Crippen LogP contribution >= 0.6 is 0 Å². The monoisotopic (exact) mass is 376 g/mol. The fraction of sp³-hybridized carbons (Fsp3) is 0.348. The van der Waals surface area contributed by atoms with E-state index in [0.717, 1.165) is 56.3 Å². The van der Waals surface area contributed by atoms with Gasteiger partial charge in [-0.2, -0.15) is 0 Å². The van der Waals surface area contributed by atoms with E-state index in [9.17, 15) is 0 Å². The summed E-state index contributed by atoms with van der Waals surface area (Å²) in [6.07, 6.45) is 3.19. The van der Waals surface area contributed by atoms with Gasteiger partial charge in [0.1, 0.15) is 5.82 Å². The van der Waals surface area contributed by atoms with Gasteiger partial charge in [-0.15, -0.1) is 0 Å². The average molecular weight is 377 g/mol. The van der Waals surface area contributed by atoms with Crippen LogP contribution in [0, 0.1) is 0 Å². The van der Waals surface area contributed by atoms with Crippen molar-refractivity contribution in [2.24, 2.45) is 0 Å². The lowest BCUT2D eigenvalue weighted by Crippen LogP contribution is -2.37. The molecule has 1 aliphatic heterocycles. The number of ether oxygens (including phenoxy) is 1. The van der Waals surface area contributed by atoms with Gasteiger partial charge in [-0.3, -0.25) is 4.90 Å². The fourth-order valence-corrected chi connectivity index (χ4v) is 3.65. The number of rotatable bonds is 7. The molecule has 5 heteroatoms. The summed E-state index contributed by atoms with van der Waals surface area (Å²) < 4.78 is 6.05. The highest BCUT2D eigenvalue weighted by molar-refractivity contribution is 5.57. The van der Waals surface area contributed by atoms with Crippen molar-refractivity contribution < 1.29 is 4.74 Å². The number of imidazole rings is 1. The van der Waals surface area contributed by atoms with Crippen LogP contribution in [-0.2, 0) is 17.8 Å². The molecule has 0 radical (unpaired) electrons. The summed E-state index contributed by atoms with van der Waals surface area (Å²) in [4.78, 5) is 10.4. The summed E-state index contributed by atoms with van der Waals surface area (Å²) in [6, 6.07) is 21.0. The van der Waals surface area contributed by atoms with E-state index >= 15 is 0 Å². The molecule has 5 nitrogen and oxygen atoms in total. The lowest BCUT2D eigenvalue weighted by molar-refractivity contribution is 0.0532. The summed E-state index contributed by atoms with van der Waals surface area (Å²) in [5.74, 6) is 0.952. The zero-order valence-electron chi connectivity index (χ0n) is 16.2. The van der Waals surface area contributed by atoms with Gasteiger partial charge in [-0.25, -0.2) is 4.98 Å². The van der Waals surface area contributed by atoms with E-state index < -0.39 is 0 Å². The van der Waals surface area contributed by atoms with Gasteiger partial charge in [0.2, 0.25) is 0 Å². The molecule has 28 heavy (non-hydrogen) atoms. The maximum Gasteiger partial charge on any atom is 0.120 e. The summed E-state index contributed by atoms with van der Waals surface area (Å²) >= 11 is 0. The summed E-state index contributed by atoms with van der Waals surface area (Å²) in [6.45, 7) is 5.40. The van der Waals surface area contributed by atoms with Crippen molar-refractivity contribution in [2.75, 3.05) is 26.2 Å². The van der Waals surface area contributed by atoms with E-state index in [-0.39, 0.29) is 6.10 Å². The minimum absolute atomic E-state index is 0.203. The van der Waals surface area contributed by atoms with E-state index in [0.29, 0.717) is 6.54 Å². The summed E-state index contributed by atoms with van der Waals surface area (Å²) in [7, 11) is 0. The smallest absolute Gasteiger partial charge is 0.120 e. The lowest BCUT2D eigenvalue weighted by atomic mass is 10.2. The van der Waals surface area contributed by atoms with Crippen molar-refractivity contribution >= 4 is 0 Å². The van der Waals surface area contributed by atoms with Crippen LogP contribution in [0.4, 0.5) is 0 Å². The van der Waals surface area contributed by atoms with Gasteiger partial charge in [-0.05, 0) is 17.5 Å². The van der Waals surface area contributed by atoms with E-state index in [1.807, 2.05) is 24.4 Å². The number of benzene rings is 2. The van der Waals surface area contributed by atoms with Crippen LogP contribution in [0.3, 0.4) is 0 Å². The highest BCUT2D eigenvalue weighted by atomic mass is 16.5. The first-order chi connectivity index (χ1) is 13.9. The molecule has 4 rings (SSSR count). The van der Waals surface area contributed by atoms with E-state index in [2.05, 4.69) is 62.6 Å². The molecule has 1 atom stereocenters. The third kappa shape index (κ3) is 5.29. The van der Waals surface area contributed by atoms with E-state index in [4.69, 9.17) is 4.74 Å². The summed E-state index contributed by atoms with van der Waals surface area (Å²) in [5, 5.41) is 3.50. The van der Waals surface area contributed by atoms with Crippen molar-refractivity contribution in [3.05, 3.63) is 78.2 Å². The second-order valence-electron chi connectivity index (χ2n) is 7.31. The Kier molecular flexibility index (Phi) is 6.50. The molecule has 0 bridgehead atoms. The molecule has 2 N–H and O–H groups in total. The Labute approximate surface area is 166 Å². The molecule has 0 aliphatic carbocycles. The zero-order chi connectivity index (χ0) is 19.0. The van der Waals surface area contributed by atoms with Gasteiger partial charge in [0.05, 0.1) is 24.5 Å². The van der Waals surface area contributed by atoms with Crippen LogP contribution in [0.15, 0.2) is 66.9 Å². The second kappa shape index (κ2) is 9.64. The quantitative estimate of drug-likeness (QED) is 0.663. The lowest BCUT2D eigenvalue weighted by Gasteiger charge is -2.24. The predicted molar refractivity (Wildman–Crippen MR) is 112 cm³/mol. The highest BCUT2D eigenvalue weighted by Crippen LogP contribution is 2.16. The van der Waals surface area contributed by atoms with Gasteiger partial charge in [-0.1, -0.05) is 60.7 Å². The topological polar surface area (TPSA) is 53.2 Å². The first kappa shape index (κ1) is 18.9. The number of H-pyrrole nitrogens is 1. The number of aromatic amines is 1. The first-order valence-electron chi connectivity index (χ1n) is 10.0. The van der Waals surface area contributed by atoms with Crippen molar-refractivity contribution in [1.29, 1.82) is 0 Å². The van der Waals surface area contributed by atoms with Crippen molar-refractivity contribution in [1.82, 2.24) is 20.2 Å². The molecule has 3 aromatic rings. The third-order valence-corrected chi connectivity index (χ3v) is 5.06. The van der Waals surface area contributed by atoms with Crippen LogP contribution < -0.4 is 5.32 Å². The molecule has 0 spiro atoms. The normalized spacial score (nSPS) is 18.1.